The van der Waals surface area contributed by atoms with Gasteiger partial charge in [0.05, 0.1) is 12.2 Å². The average molecular weight is 174 g/mol. The molecule has 0 saturated carbocycles. The fourth-order valence-corrected chi connectivity index (χ4v) is 1.49. The van der Waals surface area contributed by atoms with Crippen LogP contribution in [0, 0.1) is 0 Å². The molecule has 0 bridgehead atoms. The van der Waals surface area contributed by atoms with Gasteiger partial charge in [-0.25, -0.2) is 0 Å². The van der Waals surface area contributed by atoms with Crippen LogP contribution in [0.15, 0.2) is 0 Å². The van der Waals surface area contributed by atoms with E-state index in [1.165, 1.54) is 0 Å². The Morgan fingerprint density at radius 1 is 1.42 bits per heavy atom. The molecule has 0 amide bonds. The second kappa shape index (κ2) is 4.80. The van der Waals surface area contributed by atoms with Gasteiger partial charge in [-0.2, -0.15) is 0 Å². The highest BCUT2D eigenvalue weighted by Gasteiger charge is 2.25. The molecular formula is C9H18O3. The topological polar surface area (TPSA) is 38.7 Å². The molecule has 1 heterocycles. The van der Waals surface area contributed by atoms with E-state index in [1.807, 2.05) is 0 Å². The maximum Gasteiger partial charge on any atom is 0.160 e. The zero-order chi connectivity index (χ0) is 8.97. The Kier molecular flexibility index (Phi) is 3.98. The summed E-state index contributed by atoms with van der Waals surface area (Å²) >= 11 is 0. The Bertz CT molecular complexity index is 127. The van der Waals surface area contributed by atoms with Crippen molar-refractivity contribution in [1.29, 1.82) is 0 Å². The Morgan fingerprint density at radius 2 is 2.17 bits per heavy atom. The Labute approximate surface area is 73.7 Å². The standard InChI is InChI=1S/C9H18O3/c1-3-8-6-7(2)11-9(12-8)4-5-10/h7-10H,3-6H2,1-2H3. The van der Waals surface area contributed by atoms with E-state index in [9.17, 15) is 0 Å². The molecule has 3 unspecified atom stereocenters. The molecule has 12 heavy (non-hydrogen) atoms. The zero-order valence-corrected chi connectivity index (χ0v) is 7.82. The lowest BCUT2D eigenvalue weighted by Crippen LogP contribution is -2.37. The first kappa shape index (κ1) is 9.96. The van der Waals surface area contributed by atoms with Gasteiger partial charge in [-0.05, 0) is 19.8 Å². The number of ether oxygens (including phenoxy) is 2. The van der Waals surface area contributed by atoms with Crippen molar-refractivity contribution >= 4 is 0 Å². The summed E-state index contributed by atoms with van der Waals surface area (Å²) in [6, 6.07) is 0. The van der Waals surface area contributed by atoms with Gasteiger partial charge in [0, 0.05) is 13.0 Å². The SMILES string of the molecule is CCC1CC(C)OC(CCO)O1. The van der Waals surface area contributed by atoms with Crippen molar-refractivity contribution in [2.24, 2.45) is 0 Å². The summed E-state index contributed by atoms with van der Waals surface area (Å²) in [4.78, 5) is 0. The van der Waals surface area contributed by atoms with E-state index >= 15 is 0 Å². The lowest BCUT2D eigenvalue weighted by atomic mass is 10.1. The summed E-state index contributed by atoms with van der Waals surface area (Å²) in [5, 5.41) is 8.70. The van der Waals surface area contributed by atoms with Crippen LogP contribution < -0.4 is 0 Å². The molecule has 3 nitrogen and oxygen atoms in total. The fourth-order valence-electron chi connectivity index (χ4n) is 1.49. The van der Waals surface area contributed by atoms with Crippen molar-refractivity contribution in [3.8, 4) is 0 Å². The summed E-state index contributed by atoms with van der Waals surface area (Å²) in [6.45, 7) is 4.29. The van der Waals surface area contributed by atoms with E-state index in [2.05, 4.69) is 13.8 Å². The molecular weight excluding hydrogens is 156 g/mol. The van der Waals surface area contributed by atoms with Crippen LogP contribution in [-0.4, -0.2) is 30.2 Å². The number of rotatable bonds is 3. The van der Waals surface area contributed by atoms with Crippen LogP contribution >= 0.6 is 0 Å². The highest BCUT2D eigenvalue weighted by Crippen LogP contribution is 2.21. The molecule has 1 saturated heterocycles. The summed E-state index contributed by atoms with van der Waals surface area (Å²) in [5.74, 6) is 0. The monoisotopic (exact) mass is 174 g/mol. The van der Waals surface area contributed by atoms with Gasteiger partial charge in [0.1, 0.15) is 0 Å². The first-order valence-corrected chi connectivity index (χ1v) is 4.68. The average Bonchev–Trinajstić information content (AvgIpc) is 2.04. The molecule has 0 aliphatic carbocycles. The fraction of sp³-hybridized carbons (Fsp3) is 1.00. The number of hydrogen-bond acceptors (Lipinski definition) is 3. The van der Waals surface area contributed by atoms with Gasteiger partial charge < -0.3 is 14.6 Å². The van der Waals surface area contributed by atoms with Gasteiger partial charge in [0.2, 0.25) is 0 Å². The van der Waals surface area contributed by atoms with E-state index in [-0.39, 0.29) is 19.0 Å². The van der Waals surface area contributed by atoms with Crippen LogP contribution in [0.5, 0.6) is 0 Å². The van der Waals surface area contributed by atoms with E-state index < -0.39 is 0 Å². The highest BCUT2D eigenvalue weighted by atomic mass is 16.7. The minimum atomic E-state index is -0.191. The Morgan fingerprint density at radius 3 is 2.75 bits per heavy atom. The minimum absolute atomic E-state index is 0.133. The number of hydrogen-bond donors (Lipinski definition) is 1. The number of aliphatic hydroxyl groups is 1. The third kappa shape index (κ3) is 2.73. The Hall–Kier alpha value is -0.120. The predicted molar refractivity (Wildman–Crippen MR) is 45.8 cm³/mol. The van der Waals surface area contributed by atoms with Gasteiger partial charge in [-0.3, -0.25) is 0 Å². The molecule has 1 fully saturated rings. The second-order valence-corrected chi connectivity index (χ2v) is 3.29. The van der Waals surface area contributed by atoms with Crippen LogP contribution in [0.25, 0.3) is 0 Å². The van der Waals surface area contributed by atoms with Crippen molar-refractivity contribution in [1.82, 2.24) is 0 Å². The molecule has 72 valence electrons. The third-order valence-corrected chi connectivity index (χ3v) is 2.14. The number of aliphatic hydroxyl groups excluding tert-OH is 1. The van der Waals surface area contributed by atoms with Crippen molar-refractivity contribution < 1.29 is 14.6 Å². The van der Waals surface area contributed by atoms with Crippen molar-refractivity contribution in [3.63, 3.8) is 0 Å². The predicted octanol–water partition coefficient (Wildman–Crippen LogP) is 1.30. The van der Waals surface area contributed by atoms with Crippen LogP contribution in [0.4, 0.5) is 0 Å². The highest BCUT2D eigenvalue weighted by molar-refractivity contribution is 4.68. The first-order chi connectivity index (χ1) is 5.76. The quantitative estimate of drug-likeness (QED) is 0.701. The molecule has 1 rings (SSSR count). The molecule has 0 spiro atoms. The normalized spacial score (nSPS) is 36.8. The second-order valence-electron chi connectivity index (χ2n) is 3.29. The molecule has 0 aromatic carbocycles. The molecule has 0 aromatic heterocycles. The van der Waals surface area contributed by atoms with Crippen LogP contribution in [0.3, 0.4) is 0 Å². The molecule has 0 aromatic rings. The third-order valence-electron chi connectivity index (χ3n) is 2.14. The van der Waals surface area contributed by atoms with Crippen LogP contribution in [0.1, 0.15) is 33.1 Å². The van der Waals surface area contributed by atoms with Crippen molar-refractivity contribution in [2.45, 2.75) is 51.6 Å². The van der Waals surface area contributed by atoms with Gasteiger partial charge >= 0.3 is 0 Å². The van der Waals surface area contributed by atoms with E-state index in [4.69, 9.17) is 14.6 Å². The molecule has 3 heteroatoms. The summed E-state index contributed by atoms with van der Waals surface area (Å²) in [6.07, 6.45) is 2.96. The van der Waals surface area contributed by atoms with E-state index in [1.54, 1.807) is 0 Å². The Balaban J connectivity index is 2.34. The van der Waals surface area contributed by atoms with E-state index in [0.29, 0.717) is 12.5 Å². The molecule has 1 aliphatic heterocycles. The van der Waals surface area contributed by atoms with Gasteiger partial charge in [0.15, 0.2) is 6.29 Å². The minimum Gasteiger partial charge on any atom is -0.396 e. The molecule has 1 aliphatic rings. The van der Waals surface area contributed by atoms with Gasteiger partial charge in [-0.1, -0.05) is 6.92 Å². The molecule has 1 N–H and O–H groups in total. The van der Waals surface area contributed by atoms with Crippen molar-refractivity contribution in [3.05, 3.63) is 0 Å². The van der Waals surface area contributed by atoms with Gasteiger partial charge in [-0.15, -0.1) is 0 Å². The molecule has 0 radical (unpaired) electrons. The summed E-state index contributed by atoms with van der Waals surface area (Å²) in [7, 11) is 0. The van der Waals surface area contributed by atoms with Crippen molar-refractivity contribution in [2.75, 3.05) is 6.61 Å². The smallest absolute Gasteiger partial charge is 0.160 e. The molecule has 3 atom stereocenters. The largest absolute Gasteiger partial charge is 0.396 e. The maximum absolute atomic E-state index is 8.70. The maximum atomic E-state index is 8.70. The lowest BCUT2D eigenvalue weighted by molar-refractivity contribution is -0.242. The van der Waals surface area contributed by atoms with Gasteiger partial charge in [0.25, 0.3) is 0 Å². The van der Waals surface area contributed by atoms with Crippen LogP contribution in [0.2, 0.25) is 0 Å². The zero-order valence-electron chi connectivity index (χ0n) is 7.82. The lowest BCUT2D eigenvalue weighted by Gasteiger charge is -2.33. The van der Waals surface area contributed by atoms with E-state index in [0.717, 1.165) is 12.8 Å². The summed E-state index contributed by atoms with van der Waals surface area (Å²) < 4.78 is 11.0. The first-order valence-electron chi connectivity index (χ1n) is 4.68. The summed E-state index contributed by atoms with van der Waals surface area (Å²) in [5.41, 5.74) is 0. The van der Waals surface area contributed by atoms with Crippen LogP contribution in [-0.2, 0) is 9.47 Å².